The predicted molar refractivity (Wildman–Crippen MR) is 371 cm³/mol. The van der Waals surface area contributed by atoms with Crippen LogP contribution in [0.1, 0.15) is 89.9 Å². The van der Waals surface area contributed by atoms with E-state index in [-0.39, 0.29) is 152 Å². The second kappa shape index (κ2) is 139. The Balaban J connectivity index is -0.0000000668. The van der Waals surface area contributed by atoms with Crippen molar-refractivity contribution in [1.29, 1.82) is 0 Å². The Hall–Kier alpha value is -2.96. The Bertz CT molecular complexity index is 1950. The summed E-state index contributed by atoms with van der Waals surface area (Å²) in [6, 6.07) is 0. The molecule has 16 nitrogen and oxygen atoms in total. The molecule has 0 aromatic heterocycles. The molecule has 0 N–H and O–H groups in total. The molecule has 568 valence electrons. The van der Waals surface area contributed by atoms with Crippen LogP contribution in [-0.4, -0.2) is 73.4 Å². The smallest absolute Gasteiger partial charge is 0.867 e. The molecular formula is C72H76B8F8O16Ti7. The van der Waals surface area contributed by atoms with Gasteiger partial charge in [-0.05, 0) is 0 Å². The van der Waals surface area contributed by atoms with E-state index in [9.17, 15) is 34.5 Å². The van der Waals surface area contributed by atoms with E-state index in [0.717, 1.165) is 104 Å². The Morgan fingerprint density at radius 3 is 0.243 bits per heavy atom. The molecule has 0 atom stereocenters. The molecular weight excluding hydrogens is 1690 g/mol. The van der Waals surface area contributed by atoms with E-state index in [4.69, 9.17) is 70.3 Å². The summed E-state index contributed by atoms with van der Waals surface area (Å²) >= 11 is 0. The summed E-state index contributed by atoms with van der Waals surface area (Å²) in [7, 11) is -21.7. The SMILES string of the molecule is COB([O-])F.COB([O-])F.[C-]1=CC=CC1.[C-]1=CC=CC1.[C-]1=CC=CC1.[C-]1=CC=CC1.[C-]1=CC=CC1.[C-]1=CC=CC1.[C-]1=CC=CC1.[C-]1=CC=CC1.[C-]1=CC=CC1.[C-]1=CC=CC1.[C-]1=CC=CC1.[C-]1=CC=CC1.[C-]1=CC=CC1.[C-]1=CC=CC1.[O-]B([O-])F.[O-]B([O-])F.[O-]B([O-])F.[O-]B([O-])F.[O-]B([O-])F.[O-]B([O-])F.[Ti+4].[Ti+4].[Ti+4].[Ti+4].[Ti+4].[Ti+4].[Ti+4]. The Kier molecular flexibility index (Phi) is 179. The third-order valence-electron chi connectivity index (χ3n) is 8.57. The van der Waals surface area contributed by atoms with Gasteiger partial charge in [0.15, 0.2) is 0 Å². The fourth-order valence-electron chi connectivity index (χ4n) is 4.76. The van der Waals surface area contributed by atoms with Crippen LogP contribution in [0.25, 0.3) is 0 Å². The minimum atomic E-state index is -3.17. The molecule has 14 rings (SSSR count). The van der Waals surface area contributed by atoms with Crippen LogP contribution in [0.15, 0.2) is 255 Å². The monoisotopic (exact) mass is 1770 g/mol. The van der Waals surface area contributed by atoms with E-state index in [0.29, 0.717) is 0 Å². The second-order valence-corrected chi connectivity index (χ2v) is 16.7. The van der Waals surface area contributed by atoms with Crippen molar-refractivity contribution in [2.75, 3.05) is 14.2 Å². The van der Waals surface area contributed by atoms with Gasteiger partial charge in [0.1, 0.15) is 44.4 Å². The molecule has 0 aromatic rings. The van der Waals surface area contributed by atoms with Crippen LogP contribution in [0.4, 0.5) is 34.5 Å². The first-order valence-electron chi connectivity index (χ1n) is 30.4. The molecule has 0 fully saturated rings. The van der Waals surface area contributed by atoms with Gasteiger partial charge in [-0.15, -0.1) is 89.9 Å². The van der Waals surface area contributed by atoms with E-state index < -0.39 is 59.2 Å². The van der Waals surface area contributed by atoms with Crippen LogP contribution in [0.5, 0.6) is 0 Å². The number of allylic oxidation sites excluding steroid dienone is 56. The zero-order chi connectivity index (χ0) is 79.5. The van der Waals surface area contributed by atoms with E-state index in [1.54, 1.807) is 0 Å². The van der Waals surface area contributed by atoms with Gasteiger partial charge in [0.05, 0.1) is 0 Å². The van der Waals surface area contributed by atoms with E-state index >= 15 is 0 Å². The fourth-order valence-corrected chi connectivity index (χ4v) is 4.76. The van der Waals surface area contributed by atoms with Crippen LogP contribution in [0.3, 0.4) is 0 Å². The van der Waals surface area contributed by atoms with Crippen LogP contribution in [-0.2, 0) is 161 Å². The topological polar surface area (TPSA) is 341 Å². The zero-order valence-corrected chi connectivity index (χ0v) is 71.8. The second-order valence-electron chi connectivity index (χ2n) is 16.7. The molecule has 0 saturated carbocycles. The molecule has 111 heavy (non-hydrogen) atoms. The van der Waals surface area contributed by atoms with Crippen LogP contribution >= 0.6 is 0 Å². The van der Waals surface area contributed by atoms with Gasteiger partial charge in [-0.3, -0.25) is 85.1 Å². The maximum absolute atomic E-state index is 10.7. The van der Waals surface area contributed by atoms with Gasteiger partial charge in [-0.1, -0.05) is 0 Å². The standard InChI is InChI=1S/14C5H5.2CH3BFO2.6BFO2.7Ti/c14*1-2-4-5-3-1;2*1-5-2(3)4;6*2-1(3)4;;;;;;;/h14*1-3H,4H2;2*1H3;;;;;;;;;;;;;/q16*-1;6*-2;7*+4. The Morgan fingerprint density at radius 1 is 0.180 bits per heavy atom. The van der Waals surface area contributed by atoms with Crippen molar-refractivity contribution in [2.24, 2.45) is 0 Å². The number of rotatable bonds is 2. The van der Waals surface area contributed by atoms with Crippen molar-refractivity contribution >= 4 is 59.2 Å². The summed E-state index contributed by atoms with van der Waals surface area (Å²) in [5, 5.41) is 118. The van der Waals surface area contributed by atoms with Gasteiger partial charge in [0.25, 0.3) is 0 Å². The van der Waals surface area contributed by atoms with Gasteiger partial charge in [-0.25, -0.2) is 170 Å². The molecule has 0 bridgehead atoms. The largest absolute Gasteiger partial charge is 4.00 e. The maximum Gasteiger partial charge on any atom is 4.00 e. The summed E-state index contributed by atoms with van der Waals surface area (Å²) in [6.45, 7) is 0. The number of hydrogen-bond donors (Lipinski definition) is 0. The van der Waals surface area contributed by atoms with Crippen LogP contribution < -0.4 is 70.3 Å². The maximum atomic E-state index is 10.7. The minimum absolute atomic E-state index is 0. The molecule has 0 heterocycles. The van der Waals surface area contributed by atoms with Gasteiger partial charge in [-0.2, -0.15) is 85.1 Å². The molecule has 0 saturated heterocycles. The average Bonchev–Trinajstić information content (AvgIpc) is 3.28. The molecule has 39 heteroatoms. The first-order chi connectivity index (χ1) is 49.9. The predicted octanol–water partition coefficient (Wildman–Crippen LogP) is 2.13. The zero-order valence-electron chi connectivity index (χ0n) is 60.8. The molecule has 0 radical (unpaired) electrons. The van der Waals surface area contributed by atoms with Crippen molar-refractivity contribution in [3.63, 3.8) is 0 Å². The summed E-state index contributed by atoms with van der Waals surface area (Å²) in [6.07, 6.45) is 140. The summed E-state index contributed by atoms with van der Waals surface area (Å²) in [5.41, 5.74) is 0. The third-order valence-corrected chi connectivity index (χ3v) is 8.57. The molecule has 14 aliphatic rings. The third kappa shape index (κ3) is 234. The Labute approximate surface area is 762 Å². The van der Waals surface area contributed by atoms with Crippen molar-refractivity contribution in [3.05, 3.63) is 340 Å². The summed E-state index contributed by atoms with van der Waals surface area (Å²) < 4.78 is 87.7. The molecule has 0 amide bonds. The molecule has 0 spiro atoms. The van der Waals surface area contributed by atoms with Gasteiger partial charge >= 0.3 is 167 Å². The van der Waals surface area contributed by atoms with Gasteiger partial charge < -0.3 is 114 Å². The molecule has 0 unspecified atom stereocenters. The van der Waals surface area contributed by atoms with Crippen LogP contribution in [0, 0.1) is 85.1 Å². The molecule has 0 aliphatic heterocycles. The normalized spacial score (nSPS) is 13.3. The van der Waals surface area contributed by atoms with Crippen molar-refractivity contribution in [1.82, 2.24) is 0 Å². The van der Waals surface area contributed by atoms with Crippen molar-refractivity contribution in [2.45, 2.75) is 89.9 Å². The first-order valence-corrected chi connectivity index (χ1v) is 30.4. The van der Waals surface area contributed by atoms with E-state index in [1.165, 1.54) is 0 Å². The first kappa shape index (κ1) is 143. The number of hydrogen-bond acceptors (Lipinski definition) is 16. The quantitative estimate of drug-likeness (QED) is 0.217. The van der Waals surface area contributed by atoms with Gasteiger partial charge in [0.2, 0.25) is 0 Å². The van der Waals surface area contributed by atoms with Gasteiger partial charge in [0, 0.05) is 14.2 Å². The van der Waals surface area contributed by atoms with E-state index in [1.807, 2.05) is 170 Å². The molecule has 14 aliphatic carbocycles. The number of halogens is 8. The summed E-state index contributed by atoms with van der Waals surface area (Å²) in [4.78, 5) is 0. The minimum Gasteiger partial charge on any atom is -0.867 e. The van der Waals surface area contributed by atoms with Crippen LogP contribution in [0.2, 0.25) is 0 Å². The fraction of sp³-hybridized carbons (Fsp3) is 0.222. The van der Waals surface area contributed by atoms with Crippen molar-refractivity contribution < 1.29 is 266 Å². The van der Waals surface area contributed by atoms with E-state index in [2.05, 4.69) is 179 Å². The molecule has 0 aromatic carbocycles. The average molecular weight is 1770 g/mol. The van der Waals surface area contributed by atoms with Crippen molar-refractivity contribution in [3.8, 4) is 0 Å². The summed E-state index contributed by atoms with van der Waals surface area (Å²) in [5.74, 6) is 0. The Morgan fingerprint density at radius 2 is 0.234 bits per heavy atom.